The average molecular weight is 322 g/mol. The van der Waals surface area contributed by atoms with Crippen molar-refractivity contribution in [3.8, 4) is 5.75 Å². The van der Waals surface area contributed by atoms with Crippen LogP contribution in [0.15, 0.2) is 41.1 Å². The Morgan fingerprint density at radius 3 is 2.77 bits per heavy atom. The Balaban J connectivity index is 1.71. The Hall–Kier alpha value is -2.35. The predicted molar refractivity (Wildman–Crippen MR) is 76.5 cm³/mol. The van der Waals surface area contributed by atoms with Crippen molar-refractivity contribution in [2.45, 2.75) is 24.7 Å². The molecule has 2 heterocycles. The highest BCUT2D eigenvalue weighted by Crippen LogP contribution is 2.37. The zero-order valence-electron chi connectivity index (χ0n) is 11.7. The van der Waals surface area contributed by atoms with E-state index in [1.807, 2.05) is 23.8 Å². The topological polar surface area (TPSA) is 98.5 Å². The second-order valence-electron chi connectivity index (χ2n) is 5.08. The molecule has 0 unspecified atom stereocenters. The summed E-state index contributed by atoms with van der Waals surface area (Å²) in [6, 6.07) is 8.68. The maximum Gasteiger partial charge on any atom is 0.275 e. The fraction of sp³-hybridized carbons (Fsp3) is 0.286. The van der Waals surface area contributed by atoms with E-state index in [4.69, 9.17) is 4.74 Å². The van der Waals surface area contributed by atoms with E-state index in [1.54, 1.807) is 12.1 Å². The molecule has 3 rings (SSSR count). The highest BCUT2D eigenvalue weighted by molar-refractivity contribution is 7.89. The van der Waals surface area contributed by atoms with E-state index in [2.05, 4.69) is 9.68 Å². The summed E-state index contributed by atoms with van der Waals surface area (Å²) in [6.45, 7) is 1.82. The van der Waals surface area contributed by atoms with Gasteiger partial charge in [-0.25, -0.2) is 13.1 Å². The predicted octanol–water partition coefficient (Wildman–Crippen LogP) is 1.19. The van der Waals surface area contributed by atoms with Gasteiger partial charge in [0.25, 0.3) is 5.91 Å². The van der Waals surface area contributed by atoms with Gasteiger partial charge in [0.05, 0.1) is 0 Å². The van der Waals surface area contributed by atoms with Crippen molar-refractivity contribution in [2.24, 2.45) is 0 Å². The number of fused-ring (bicyclic) bond motifs is 1. The molecule has 1 aliphatic heterocycles. The number of rotatable bonds is 4. The lowest BCUT2D eigenvalue weighted by Gasteiger charge is -2.15. The van der Waals surface area contributed by atoms with Crippen LogP contribution in [-0.2, 0) is 20.6 Å². The first-order valence-corrected chi connectivity index (χ1v) is 8.31. The van der Waals surface area contributed by atoms with Crippen LogP contribution < -0.4 is 9.46 Å². The Bertz CT molecular complexity index is 785. The number of ether oxygens (including phenoxy) is 1. The molecule has 7 nitrogen and oxygen atoms in total. The smallest absolute Gasteiger partial charge is 0.275 e. The lowest BCUT2D eigenvalue weighted by molar-refractivity contribution is -0.126. The molecule has 0 radical (unpaired) electrons. The average Bonchev–Trinajstić information content (AvgIpc) is 3.06. The van der Waals surface area contributed by atoms with Crippen LogP contribution in [0.1, 0.15) is 24.1 Å². The zero-order chi connectivity index (χ0) is 15.7. The molecule has 1 aliphatic rings. The molecule has 0 spiro atoms. The number of carbonyl (C=O) groups excluding carboxylic acids is 1. The molecular weight excluding hydrogens is 308 g/mol. The molecule has 22 heavy (non-hydrogen) atoms. The van der Waals surface area contributed by atoms with E-state index in [0.717, 1.165) is 5.56 Å². The van der Waals surface area contributed by atoms with Gasteiger partial charge in [-0.2, -0.15) is 0 Å². The molecule has 8 heteroatoms. The number of amides is 1. The maximum absolute atomic E-state index is 12.2. The third kappa shape index (κ3) is 2.82. The fourth-order valence-electron chi connectivity index (χ4n) is 2.40. The minimum Gasteiger partial charge on any atom is -0.480 e. The van der Waals surface area contributed by atoms with Gasteiger partial charge in [-0.05, 0) is 6.07 Å². The third-order valence-electron chi connectivity index (χ3n) is 3.46. The number of benzene rings is 1. The standard InChI is InChI=1S/C14H14N2O5S/c1-9-11-4-2-3-5-12(11)21-13(9)14(17)16-22(18,19)8-10-6-7-20-15-10/h2-7,9,13H,8H2,1H3,(H,16,17)/t9-,13-/m1/s1. The van der Waals surface area contributed by atoms with Gasteiger partial charge in [0.1, 0.15) is 23.5 Å². The molecule has 2 atom stereocenters. The molecule has 0 fully saturated rings. The second kappa shape index (κ2) is 5.45. The number of nitrogens with one attached hydrogen (secondary N) is 1. The van der Waals surface area contributed by atoms with Crippen molar-refractivity contribution in [3.05, 3.63) is 47.9 Å². The first kappa shape index (κ1) is 14.6. The fourth-order valence-corrected chi connectivity index (χ4v) is 3.43. The number of sulfonamides is 1. The van der Waals surface area contributed by atoms with Gasteiger partial charge in [0.2, 0.25) is 10.0 Å². The van der Waals surface area contributed by atoms with E-state index >= 15 is 0 Å². The second-order valence-corrected chi connectivity index (χ2v) is 6.80. The van der Waals surface area contributed by atoms with E-state index < -0.39 is 27.8 Å². The molecule has 116 valence electrons. The summed E-state index contributed by atoms with van der Waals surface area (Å²) in [5.74, 6) is -0.738. The summed E-state index contributed by atoms with van der Waals surface area (Å²) in [5.41, 5.74) is 1.11. The Morgan fingerprint density at radius 1 is 1.32 bits per heavy atom. The van der Waals surface area contributed by atoms with Crippen molar-refractivity contribution in [1.82, 2.24) is 9.88 Å². The van der Waals surface area contributed by atoms with Gasteiger partial charge < -0.3 is 9.26 Å². The number of para-hydroxylation sites is 1. The maximum atomic E-state index is 12.2. The number of carbonyl (C=O) groups is 1. The van der Waals surface area contributed by atoms with Gasteiger partial charge in [0, 0.05) is 17.5 Å². The molecule has 1 amide bonds. The van der Waals surface area contributed by atoms with E-state index in [0.29, 0.717) is 5.75 Å². The van der Waals surface area contributed by atoms with E-state index in [9.17, 15) is 13.2 Å². The highest BCUT2D eigenvalue weighted by Gasteiger charge is 2.37. The van der Waals surface area contributed by atoms with Gasteiger partial charge in [-0.15, -0.1) is 0 Å². The number of nitrogens with zero attached hydrogens (tertiary/aromatic N) is 1. The van der Waals surface area contributed by atoms with Crippen LogP contribution in [0, 0.1) is 0 Å². The molecule has 1 aromatic heterocycles. The quantitative estimate of drug-likeness (QED) is 0.907. The Kier molecular flexibility index (Phi) is 3.61. The molecule has 0 saturated carbocycles. The van der Waals surface area contributed by atoms with Gasteiger partial charge in [0.15, 0.2) is 6.10 Å². The van der Waals surface area contributed by atoms with E-state index in [-0.39, 0.29) is 11.6 Å². The summed E-state index contributed by atoms with van der Waals surface area (Å²) < 4.78 is 36.1. The molecule has 2 aromatic rings. The van der Waals surface area contributed by atoms with Crippen LogP contribution in [0.4, 0.5) is 0 Å². The van der Waals surface area contributed by atoms with Crippen LogP contribution in [0.2, 0.25) is 0 Å². The van der Waals surface area contributed by atoms with Gasteiger partial charge in [-0.1, -0.05) is 30.3 Å². The zero-order valence-corrected chi connectivity index (χ0v) is 12.5. The van der Waals surface area contributed by atoms with Gasteiger partial charge in [-0.3, -0.25) is 4.79 Å². The molecule has 0 saturated heterocycles. The number of hydrogen-bond acceptors (Lipinski definition) is 6. The lowest BCUT2D eigenvalue weighted by atomic mass is 9.97. The normalized spacial score (nSPS) is 20.2. The molecule has 1 N–H and O–H groups in total. The first-order valence-electron chi connectivity index (χ1n) is 6.65. The lowest BCUT2D eigenvalue weighted by Crippen LogP contribution is -2.42. The minimum atomic E-state index is -3.85. The minimum absolute atomic E-state index is 0.224. The summed E-state index contributed by atoms with van der Waals surface area (Å²) in [5, 5.41) is 3.52. The van der Waals surface area contributed by atoms with Crippen molar-refractivity contribution in [2.75, 3.05) is 0 Å². The van der Waals surface area contributed by atoms with Crippen molar-refractivity contribution >= 4 is 15.9 Å². The molecule has 0 aliphatic carbocycles. The number of hydrogen-bond donors (Lipinski definition) is 1. The Morgan fingerprint density at radius 2 is 2.09 bits per heavy atom. The third-order valence-corrected chi connectivity index (χ3v) is 4.65. The molecule has 1 aromatic carbocycles. The Labute approximate surface area is 127 Å². The summed E-state index contributed by atoms with van der Waals surface area (Å²) in [7, 11) is -3.85. The van der Waals surface area contributed by atoms with Crippen LogP contribution in [0.5, 0.6) is 5.75 Å². The highest BCUT2D eigenvalue weighted by atomic mass is 32.2. The van der Waals surface area contributed by atoms with Crippen LogP contribution in [0.25, 0.3) is 0 Å². The van der Waals surface area contributed by atoms with Crippen molar-refractivity contribution in [1.29, 1.82) is 0 Å². The molecular formula is C14H14N2O5S. The monoisotopic (exact) mass is 322 g/mol. The van der Waals surface area contributed by atoms with Crippen LogP contribution in [0.3, 0.4) is 0 Å². The van der Waals surface area contributed by atoms with Crippen molar-refractivity contribution < 1.29 is 22.5 Å². The summed E-state index contributed by atoms with van der Waals surface area (Å²) >= 11 is 0. The summed E-state index contributed by atoms with van der Waals surface area (Å²) in [6.07, 6.45) is 0.398. The van der Waals surface area contributed by atoms with Gasteiger partial charge >= 0.3 is 0 Å². The largest absolute Gasteiger partial charge is 0.480 e. The number of aromatic nitrogens is 1. The SMILES string of the molecule is C[C@@H]1c2ccccc2O[C@H]1C(=O)NS(=O)(=O)Cc1ccon1. The van der Waals surface area contributed by atoms with Crippen molar-refractivity contribution in [3.63, 3.8) is 0 Å². The molecule has 0 bridgehead atoms. The van der Waals surface area contributed by atoms with E-state index in [1.165, 1.54) is 12.3 Å². The summed E-state index contributed by atoms with van der Waals surface area (Å²) in [4.78, 5) is 12.2. The van der Waals surface area contributed by atoms with Crippen LogP contribution >= 0.6 is 0 Å². The van der Waals surface area contributed by atoms with Crippen LogP contribution in [-0.4, -0.2) is 25.6 Å². The first-order chi connectivity index (χ1) is 10.5.